The van der Waals surface area contributed by atoms with Crippen LogP contribution in [0.2, 0.25) is 0 Å². The predicted molar refractivity (Wildman–Crippen MR) is 71.8 cm³/mol. The summed E-state index contributed by atoms with van der Waals surface area (Å²) < 4.78 is 0. The molecule has 0 radical (unpaired) electrons. The van der Waals surface area contributed by atoms with Crippen molar-refractivity contribution in [2.24, 2.45) is 5.92 Å². The van der Waals surface area contributed by atoms with Crippen molar-refractivity contribution in [3.05, 3.63) is 23.8 Å². The molecule has 104 valence electrons. The average Bonchev–Trinajstić information content (AvgIpc) is 3.19. The summed E-state index contributed by atoms with van der Waals surface area (Å²) >= 11 is 0. The second-order valence-corrected chi connectivity index (χ2v) is 5.47. The van der Waals surface area contributed by atoms with Crippen molar-refractivity contribution in [3.8, 4) is 0 Å². The Hall–Kier alpha value is -1.49. The lowest BCUT2D eigenvalue weighted by Crippen LogP contribution is -2.30. The van der Waals surface area contributed by atoms with Gasteiger partial charge in [0, 0.05) is 18.7 Å². The second kappa shape index (κ2) is 6.10. The van der Waals surface area contributed by atoms with Gasteiger partial charge in [-0.15, -0.1) is 0 Å². The molecule has 0 saturated heterocycles. The van der Waals surface area contributed by atoms with E-state index in [1.807, 2.05) is 6.92 Å². The Labute approximate surface area is 113 Å². The summed E-state index contributed by atoms with van der Waals surface area (Å²) in [6.45, 7) is 4.31. The quantitative estimate of drug-likeness (QED) is 0.815. The van der Waals surface area contributed by atoms with Gasteiger partial charge in [0.2, 0.25) is 0 Å². The Morgan fingerprint density at radius 1 is 1.53 bits per heavy atom. The molecule has 19 heavy (non-hydrogen) atoms. The smallest absolute Gasteiger partial charge is 0.270 e. The lowest BCUT2D eigenvalue weighted by Gasteiger charge is -2.14. The van der Waals surface area contributed by atoms with Crippen molar-refractivity contribution in [1.82, 2.24) is 15.3 Å². The van der Waals surface area contributed by atoms with Gasteiger partial charge in [0.05, 0.1) is 6.10 Å². The van der Waals surface area contributed by atoms with Gasteiger partial charge in [0.1, 0.15) is 11.5 Å². The molecule has 2 unspecified atom stereocenters. The molecular weight excluding hydrogens is 242 g/mol. The van der Waals surface area contributed by atoms with Crippen molar-refractivity contribution < 1.29 is 9.90 Å². The Morgan fingerprint density at radius 3 is 2.89 bits per heavy atom. The largest absolute Gasteiger partial charge is 0.393 e. The van der Waals surface area contributed by atoms with E-state index in [2.05, 4.69) is 15.3 Å². The van der Waals surface area contributed by atoms with Gasteiger partial charge < -0.3 is 10.4 Å². The fraction of sp³-hybridized carbons (Fsp3) is 0.643. The molecule has 1 aliphatic rings. The molecule has 1 aromatic rings. The maximum Gasteiger partial charge on any atom is 0.270 e. The van der Waals surface area contributed by atoms with Gasteiger partial charge in [-0.2, -0.15) is 0 Å². The Bertz CT molecular complexity index is 444. The molecule has 0 bridgehead atoms. The van der Waals surface area contributed by atoms with E-state index in [0.29, 0.717) is 24.6 Å². The number of carbonyl (C=O) groups is 1. The molecule has 2 rings (SSSR count). The lowest BCUT2D eigenvalue weighted by atomic mass is 10.0. The van der Waals surface area contributed by atoms with Crippen molar-refractivity contribution >= 4 is 5.91 Å². The summed E-state index contributed by atoms with van der Waals surface area (Å²) in [5.41, 5.74) is 0.432. The van der Waals surface area contributed by atoms with E-state index in [4.69, 9.17) is 0 Å². The zero-order valence-electron chi connectivity index (χ0n) is 11.5. The van der Waals surface area contributed by atoms with Crippen molar-refractivity contribution in [1.29, 1.82) is 0 Å². The van der Waals surface area contributed by atoms with E-state index in [-0.39, 0.29) is 17.9 Å². The van der Waals surface area contributed by atoms with E-state index in [0.717, 1.165) is 18.7 Å². The van der Waals surface area contributed by atoms with E-state index < -0.39 is 0 Å². The first-order valence-electron chi connectivity index (χ1n) is 6.85. The minimum absolute atomic E-state index is 0.165. The minimum Gasteiger partial charge on any atom is -0.393 e. The molecule has 5 nitrogen and oxygen atoms in total. The molecular formula is C14H21N3O2. The number of aromatic nitrogens is 2. The molecule has 1 amide bonds. The third-order valence-corrected chi connectivity index (χ3v) is 3.20. The van der Waals surface area contributed by atoms with Gasteiger partial charge in [0.25, 0.3) is 5.91 Å². The molecule has 1 heterocycles. The highest BCUT2D eigenvalue weighted by atomic mass is 16.3. The monoisotopic (exact) mass is 263 g/mol. The van der Waals surface area contributed by atoms with Crippen LogP contribution in [0.3, 0.4) is 0 Å². The summed E-state index contributed by atoms with van der Waals surface area (Å²) in [6, 6.07) is 1.64. The van der Waals surface area contributed by atoms with Crippen LogP contribution in [0.25, 0.3) is 0 Å². The van der Waals surface area contributed by atoms with E-state index in [9.17, 15) is 9.90 Å². The lowest BCUT2D eigenvalue weighted by molar-refractivity contribution is 0.0934. The zero-order chi connectivity index (χ0) is 13.8. The van der Waals surface area contributed by atoms with Gasteiger partial charge in [-0.25, -0.2) is 9.97 Å². The predicted octanol–water partition coefficient (Wildman–Crippen LogP) is 1.49. The minimum atomic E-state index is -0.340. The van der Waals surface area contributed by atoms with Crippen LogP contribution in [-0.2, 0) is 0 Å². The van der Waals surface area contributed by atoms with Crippen LogP contribution in [0.4, 0.5) is 0 Å². The molecule has 2 N–H and O–H groups in total. The normalized spacial score (nSPS) is 17.8. The topological polar surface area (TPSA) is 75.1 Å². The molecule has 0 aromatic carbocycles. The highest BCUT2D eigenvalue weighted by Crippen LogP contribution is 2.37. The third-order valence-electron chi connectivity index (χ3n) is 3.20. The fourth-order valence-electron chi connectivity index (χ4n) is 2.06. The Morgan fingerprint density at radius 2 is 2.26 bits per heavy atom. The molecule has 1 aromatic heterocycles. The maximum atomic E-state index is 12.0. The first-order chi connectivity index (χ1) is 9.06. The molecule has 1 saturated carbocycles. The second-order valence-electron chi connectivity index (χ2n) is 5.47. The van der Waals surface area contributed by atoms with Crippen LogP contribution < -0.4 is 5.32 Å². The molecule has 0 spiro atoms. The molecule has 2 atom stereocenters. The highest BCUT2D eigenvalue weighted by molar-refractivity contribution is 5.92. The molecule has 5 heteroatoms. The summed E-state index contributed by atoms with van der Waals surface area (Å²) in [7, 11) is 0. The van der Waals surface area contributed by atoms with Gasteiger partial charge in [-0.3, -0.25) is 4.79 Å². The van der Waals surface area contributed by atoms with Gasteiger partial charge in [-0.05, 0) is 38.2 Å². The third kappa shape index (κ3) is 4.28. The number of amides is 1. The summed E-state index contributed by atoms with van der Waals surface area (Å²) in [5, 5.41) is 12.1. The summed E-state index contributed by atoms with van der Waals surface area (Å²) in [5.74, 6) is 1.31. The van der Waals surface area contributed by atoms with Gasteiger partial charge in [0.15, 0.2) is 0 Å². The first kappa shape index (κ1) is 13.9. The molecule has 1 fully saturated rings. The highest BCUT2D eigenvalue weighted by Gasteiger charge is 2.27. The fourth-order valence-corrected chi connectivity index (χ4v) is 2.06. The SMILES string of the molecule is CC(O)CC(C)CNC(=O)c1ccnc(C2CC2)n1. The van der Waals surface area contributed by atoms with Crippen molar-refractivity contribution in [2.75, 3.05) is 6.54 Å². The average molecular weight is 263 g/mol. The van der Waals surface area contributed by atoms with Crippen LogP contribution in [0.15, 0.2) is 12.3 Å². The number of nitrogens with zero attached hydrogens (tertiary/aromatic N) is 2. The van der Waals surface area contributed by atoms with Crippen LogP contribution in [0.5, 0.6) is 0 Å². The summed E-state index contributed by atoms with van der Waals surface area (Å²) in [6.07, 6.45) is 4.23. The number of aliphatic hydroxyl groups is 1. The van der Waals surface area contributed by atoms with Crippen LogP contribution in [0, 0.1) is 5.92 Å². The van der Waals surface area contributed by atoms with Crippen LogP contribution in [0.1, 0.15) is 55.3 Å². The van der Waals surface area contributed by atoms with Crippen LogP contribution in [-0.4, -0.2) is 33.6 Å². The van der Waals surface area contributed by atoms with Crippen molar-refractivity contribution in [3.63, 3.8) is 0 Å². The molecule has 0 aliphatic heterocycles. The number of rotatable bonds is 6. The number of hydrogen-bond donors (Lipinski definition) is 2. The Kier molecular flexibility index (Phi) is 4.47. The first-order valence-corrected chi connectivity index (χ1v) is 6.85. The zero-order valence-corrected chi connectivity index (χ0v) is 11.5. The molecule has 1 aliphatic carbocycles. The van der Waals surface area contributed by atoms with E-state index >= 15 is 0 Å². The van der Waals surface area contributed by atoms with Gasteiger partial charge in [-0.1, -0.05) is 6.92 Å². The standard InChI is InChI=1S/C14H21N3O2/c1-9(7-10(2)18)8-16-14(19)12-5-6-15-13(17-12)11-3-4-11/h5-6,9-11,18H,3-4,7-8H2,1-2H3,(H,16,19). The summed E-state index contributed by atoms with van der Waals surface area (Å²) in [4.78, 5) is 20.5. The number of hydrogen-bond acceptors (Lipinski definition) is 4. The van der Waals surface area contributed by atoms with Crippen LogP contribution >= 0.6 is 0 Å². The van der Waals surface area contributed by atoms with Crippen molar-refractivity contribution in [2.45, 2.75) is 45.1 Å². The Balaban J connectivity index is 1.87. The number of nitrogens with one attached hydrogen (secondary N) is 1. The van der Waals surface area contributed by atoms with E-state index in [1.54, 1.807) is 19.2 Å². The number of aliphatic hydroxyl groups excluding tert-OH is 1. The van der Waals surface area contributed by atoms with Gasteiger partial charge >= 0.3 is 0 Å². The number of carbonyl (C=O) groups excluding carboxylic acids is 1. The van der Waals surface area contributed by atoms with E-state index in [1.165, 1.54) is 0 Å². The maximum absolute atomic E-state index is 12.0.